The number of carbonyl (C=O) groups is 2. The molecule has 1 aromatic rings. The van der Waals surface area contributed by atoms with Gasteiger partial charge in [-0.25, -0.2) is 4.79 Å². The van der Waals surface area contributed by atoms with E-state index in [4.69, 9.17) is 18.9 Å². The lowest BCUT2D eigenvalue weighted by Crippen LogP contribution is -2.45. The lowest BCUT2D eigenvalue weighted by molar-refractivity contribution is -0.209. The molecule has 1 aromatic carbocycles. The predicted molar refractivity (Wildman–Crippen MR) is 171 cm³/mol. The third-order valence-electron chi connectivity index (χ3n) is 12.3. The monoisotopic (exact) mass is 631 g/mol. The van der Waals surface area contributed by atoms with Gasteiger partial charge in [0, 0.05) is 30.4 Å². The smallest absolute Gasteiger partial charge is 0.339 e. The van der Waals surface area contributed by atoms with E-state index in [1.54, 1.807) is 0 Å². The zero-order valence-corrected chi connectivity index (χ0v) is 27.5. The van der Waals surface area contributed by atoms with Crippen molar-refractivity contribution in [3.05, 3.63) is 52.6 Å². The molecule has 8 rings (SSSR count). The Morgan fingerprint density at radius 3 is 2.50 bits per heavy atom. The van der Waals surface area contributed by atoms with Crippen LogP contribution in [0.4, 0.5) is 0 Å². The number of aliphatic hydroxyl groups is 1. The minimum atomic E-state index is -0.663. The van der Waals surface area contributed by atoms with E-state index in [2.05, 4.69) is 32.2 Å². The van der Waals surface area contributed by atoms with E-state index >= 15 is 0 Å². The number of ether oxygens (including phenoxy) is 4. The highest BCUT2D eigenvalue weighted by molar-refractivity contribution is 5.95. The Bertz CT molecular complexity index is 1440. The molecule has 6 fully saturated rings. The Hall–Kier alpha value is -2.52. The Morgan fingerprint density at radius 1 is 1.02 bits per heavy atom. The number of carbonyl (C=O) groups excluding carboxylic acids is 2. The molecular formula is C38H49NO7. The molecule has 0 spiro atoms. The molecule has 5 aliphatic carbocycles. The predicted octanol–water partition coefficient (Wildman–Crippen LogP) is 5.73. The van der Waals surface area contributed by atoms with Crippen molar-refractivity contribution in [1.29, 1.82) is 0 Å². The van der Waals surface area contributed by atoms with Crippen molar-refractivity contribution < 1.29 is 33.6 Å². The molecule has 248 valence electrons. The average molecular weight is 632 g/mol. The van der Waals surface area contributed by atoms with Crippen LogP contribution in [-0.4, -0.2) is 65.9 Å². The van der Waals surface area contributed by atoms with Crippen molar-refractivity contribution in [2.45, 2.75) is 121 Å². The number of benzene rings is 1. The highest BCUT2D eigenvalue weighted by Crippen LogP contribution is 2.61. The standard InChI is InChI=1S/C38H49NO7/c1-36(2)21-28-23(8-13-32-37(3,45-32)15-14-29(28)36)18-22-6-4-5-7-27(22)35(42)43-30-19-24(34(41)39-16-17-40)20-31-33(30)46-38(44-31,25-9-10-25)26-11-12-26/h4-7,18,20,25-26,28-33,40H,8-17,19,21H2,1-3H3,(H,39,41). The lowest BCUT2D eigenvalue weighted by Gasteiger charge is -2.53. The van der Waals surface area contributed by atoms with Gasteiger partial charge in [0.2, 0.25) is 5.91 Å². The molecular weight excluding hydrogens is 582 g/mol. The van der Waals surface area contributed by atoms with E-state index in [1.807, 2.05) is 30.3 Å². The van der Waals surface area contributed by atoms with E-state index in [9.17, 15) is 14.7 Å². The molecule has 7 aliphatic rings. The van der Waals surface area contributed by atoms with Crippen LogP contribution in [-0.2, 0) is 23.7 Å². The van der Waals surface area contributed by atoms with Crippen molar-refractivity contribution in [1.82, 2.24) is 5.32 Å². The number of hydrogen-bond acceptors (Lipinski definition) is 7. The van der Waals surface area contributed by atoms with Crippen LogP contribution in [0.3, 0.4) is 0 Å². The molecule has 2 saturated heterocycles. The number of hydrogen-bond donors (Lipinski definition) is 2. The fourth-order valence-electron chi connectivity index (χ4n) is 9.27. The number of fused-ring (bicyclic) bond motifs is 3. The largest absolute Gasteiger partial charge is 0.456 e. The van der Waals surface area contributed by atoms with Gasteiger partial charge < -0.3 is 29.4 Å². The van der Waals surface area contributed by atoms with Gasteiger partial charge in [0.05, 0.1) is 23.9 Å². The van der Waals surface area contributed by atoms with Crippen LogP contribution in [0.5, 0.6) is 0 Å². The Morgan fingerprint density at radius 2 is 1.78 bits per heavy atom. The van der Waals surface area contributed by atoms with Gasteiger partial charge in [-0.1, -0.05) is 43.7 Å². The molecule has 1 amide bonds. The second-order valence-electron chi connectivity index (χ2n) is 16.0. The Kier molecular flexibility index (Phi) is 7.55. The van der Waals surface area contributed by atoms with Crippen LogP contribution in [0, 0.1) is 29.1 Å². The number of epoxide rings is 1. The average Bonchev–Trinajstić information content (AvgIpc) is 3.93. The third-order valence-corrected chi connectivity index (χ3v) is 12.3. The lowest BCUT2D eigenvalue weighted by atomic mass is 9.52. The van der Waals surface area contributed by atoms with Gasteiger partial charge in [0.15, 0.2) is 5.79 Å². The first-order chi connectivity index (χ1) is 22.1. The van der Waals surface area contributed by atoms with Gasteiger partial charge >= 0.3 is 5.97 Å². The molecule has 0 radical (unpaired) electrons. The molecule has 0 bridgehead atoms. The summed E-state index contributed by atoms with van der Waals surface area (Å²) in [5.41, 5.74) is 3.66. The number of amides is 1. The van der Waals surface area contributed by atoms with E-state index in [-0.39, 0.29) is 31.1 Å². The maximum Gasteiger partial charge on any atom is 0.339 e. The molecule has 2 aliphatic heterocycles. The van der Waals surface area contributed by atoms with E-state index in [1.165, 1.54) is 12.0 Å². The summed E-state index contributed by atoms with van der Waals surface area (Å²) >= 11 is 0. The van der Waals surface area contributed by atoms with Gasteiger partial charge in [0.25, 0.3) is 0 Å². The summed E-state index contributed by atoms with van der Waals surface area (Å²) < 4.78 is 26.0. The maximum absolute atomic E-state index is 14.1. The number of nitrogens with one attached hydrogen (secondary N) is 1. The van der Waals surface area contributed by atoms with Gasteiger partial charge in [-0.05, 0) is 99.7 Å². The molecule has 7 unspecified atom stereocenters. The number of allylic oxidation sites excluding steroid dienone is 1. The van der Waals surface area contributed by atoms with Crippen molar-refractivity contribution in [2.75, 3.05) is 13.2 Å². The summed E-state index contributed by atoms with van der Waals surface area (Å²) in [6, 6.07) is 7.74. The zero-order valence-electron chi connectivity index (χ0n) is 27.5. The van der Waals surface area contributed by atoms with Crippen LogP contribution in [0.15, 0.2) is 41.5 Å². The summed E-state index contributed by atoms with van der Waals surface area (Å²) in [6.07, 6.45) is 12.8. The Labute approximate surface area is 272 Å². The van der Waals surface area contributed by atoms with Crippen LogP contribution in [0.25, 0.3) is 6.08 Å². The first-order valence-corrected chi connectivity index (χ1v) is 17.7. The minimum absolute atomic E-state index is 0.0240. The van der Waals surface area contributed by atoms with Gasteiger partial charge in [-0.15, -0.1) is 0 Å². The highest BCUT2D eigenvalue weighted by Gasteiger charge is 2.64. The van der Waals surface area contributed by atoms with Gasteiger partial charge in [0.1, 0.15) is 18.3 Å². The minimum Gasteiger partial charge on any atom is -0.456 e. The quantitative estimate of drug-likeness (QED) is 0.279. The molecule has 0 aromatic heterocycles. The zero-order chi connectivity index (χ0) is 31.8. The number of aliphatic hydroxyl groups excluding tert-OH is 1. The van der Waals surface area contributed by atoms with Crippen LogP contribution >= 0.6 is 0 Å². The molecule has 2 N–H and O–H groups in total. The first kappa shape index (κ1) is 30.8. The van der Waals surface area contributed by atoms with Crippen molar-refractivity contribution in [2.24, 2.45) is 29.1 Å². The van der Waals surface area contributed by atoms with Crippen molar-refractivity contribution in [3.63, 3.8) is 0 Å². The molecule has 46 heavy (non-hydrogen) atoms. The third kappa shape index (κ3) is 5.47. The highest BCUT2D eigenvalue weighted by atomic mass is 16.8. The van der Waals surface area contributed by atoms with Crippen LogP contribution in [0.1, 0.15) is 101 Å². The SMILES string of the molecule is CC1(C)CC2C(=Cc3ccccc3C(=O)OC3CC(C(=O)NCCO)=CC4OC(C5CC5)(C5CC5)OC43)CCC3OC3(C)CCC21. The fourth-order valence-corrected chi connectivity index (χ4v) is 9.27. The first-order valence-electron chi connectivity index (χ1n) is 17.7. The number of rotatable bonds is 8. The van der Waals surface area contributed by atoms with Gasteiger partial charge in [-0.3, -0.25) is 4.79 Å². The van der Waals surface area contributed by atoms with Crippen LogP contribution in [0.2, 0.25) is 0 Å². The van der Waals surface area contributed by atoms with E-state index < -0.39 is 30.1 Å². The van der Waals surface area contributed by atoms with Crippen molar-refractivity contribution in [3.8, 4) is 0 Å². The van der Waals surface area contributed by atoms with Crippen LogP contribution < -0.4 is 5.32 Å². The van der Waals surface area contributed by atoms with Crippen molar-refractivity contribution >= 4 is 18.0 Å². The molecule has 2 heterocycles. The topological polar surface area (TPSA) is 107 Å². The fraction of sp³-hybridized carbons (Fsp3) is 0.684. The normalized spacial score (nSPS) is 38.1. The van der Waals surface area contributed by atoms with E-state index in [0.29, 0.717) is 46.3 Å². The van der Waals surface area contributed by atoms with Gasteiger partial charge in [-0.2, -0.15) is 0 Å². The van der Waals surface area contributed by atoms with E-state index in [0.717, 1.165) is 56.9 Å². The maximum atomic E-state index is 14.1. The summed E-state index contributed by atoms with van der Waals surface area (Å²) in [6.45, 7) is 7.07. The molecule has 7 atom stereocenters. The summed E-state index contributed by atoms with van der Waals surface area (Å²) in [7, 11) is 0. The summed E-state index contributed by atoms with van der Waals surface area (Å²) in [5.74, 6) is 0.498. The Balaban J connectivity index is 1.06. The number of esters is 1. The molecule has 8 nitrogen and oxygen atoms in total. The summed E-state index contributed by atoms with van der Waals surface area (Å²) in [5, 5.41) is 12.0. The summed E-state index contributed by atoms with van der Waals surface area (Å²) in [4.78, 5) is 27.2. The second kappa shape index (κ2) is 11.3. The molecule has 8 heteroatoms. The second-order valence-corrected chi connectivity index (χ2v) is 16.0. The molecule has 4 saturated carbocycles.